The van der Waals surface area contributed by atoms with Gasteiger partial charge in [-0.1, -0.05) is 24.3 Å². The lowest BCUT2D eigenvalue weighted by molar-refractivity contribution is 0.474. The van der Waals surface area contributed by atoms with E-state index < -0.39 is 5.95 Å². The second-order valence-electron chi connectivity index (χ2n) is 7.31. The van der Waals surface area contributed by atoms with E-state index in [4.69, 9.17) is 14.9 Å². The van der Waals surface area contributed by atoms with E-state index in [1.165, 1.54) is 30.5 Å². The topological polar surface area (TPSA) is 61.3 Å². The molecule has 6 heteroatoms. The predicted octanol–water partition coefficient (Wildman–Crippen LogP) is 6.69. The van der Waals surface area contributed by atoms with Crippen molar-refractivity contribution in [1.29, 1.82) is 0 Å². The Balaban J connectivity index is 1.53. The van der Waals surface area contributed by atoms with Crippen molar-refractivity contribution >= 4 is 11.0 Å². The van der Waals surface area contributed by atoms with Crippen molar-refractivity contribution in [3.05, 3.63) is 103 Å². The summed E-state index contributed by atoms with van der Waals surface area (Å²) in [7, 11) is 0. The molecule has 0 aliphatic carbocycles. The summed E-state index contributed by atoms with van der Waals surface area (Å²) < 4.78 is 38.1. The lowest BCUT2D eigenvalue weighted by atomic mass is 9.96. The second kappa shape index (κ2) is 8.24. The van der Waals surface area contributed by atoms with Crippen molar-refractivity contribution in [2.75, 3.05) is 0 Å². The SMILES string of the molecule is NCc1cc2cc(-c3ccc(Oc4ccc(F)nc4)cc3)cc(-c3ccc(F)cc3)c2o1. The highest BCUT2D eigenvalue weighted by molar-refractivity contribution is 5.97. The number of aromatic nitrogens is 1. The van der Waals surface area contributed by atoms with Gasteiger partial charge in [-0.2, -0.15) is 4.39 Å². The number of furan rings is 1. The fourth-order valence-electron chi connectivity index (χ4n) is 3.59. The summed E-state index contributed by atoms with van der Waals surface area (Å²) >= 11 is 0. The molecule has 2 N–H and O–H groups in total. The van der Waals surface area contributed by atoms with Gasteiger partial charge >= 0.3 is 0 Å². The van der Waals surface area contributed by atoms with Crippen LogP contribution in [0.3, 0.4) is 0 Å². The number of fused-ring (bicyclic) bond motifs is 1. The van der Waals surface area contributed by atoms with Gasteiger partial charge in [0, 0.05) is 10.9 Å². The van der Waals surface area contributed by atoms with Crippen LogP contribution in [0.4, 0.5) is 8.78 Å². The molecule has 0 aliphatic heterocycles. The lowest BCUT2D eigenvalue weighted by Gasteiger charge is -2.09. The third-order valence-electron chi connectivity index (χ3n) is 5.15. The lowest BCUT2D eigenvalue weighted by Crippen LogP contribution is -1.92. The molecule has 5 aromatic rings. The van der Waals surface area contributed by atoms with Gasteiger partial charge < -0.3 is 14.9 Å². The normalized spacial score (nSPS) is 11.1. The molecule has 0 fully saturated rings. The highest BCUT2D eigenvalue weighted by Gasteiger charge is 2.13. The molecule has 0 amide bonds. The Morgan fingerprint density at radius 2 is 1.50 bits per heavy atom. The van der Waals surface area contributed by atoms with Gasteiger partial charge in [0.25, 0.3) is 0 Å². The third-order valence-corrected chi connectivity index (χ3v) is 5.15. The first-order valence-electron chi connectivity index (χ1n) is 10.0. The standard InChI is InChI=1S/C26H18F2N2O2/c27-20-5-1-17(2-6-20)24-13-18(11-19-12-23(14-29)32-26(19)24)16-3-7-21(8-4-16)31-22-9-10-25(28)30-15-22/h1-13,15H,14,29H2. The number of nitrogens with two attached hydrogens (primary N) is 1. The van der Waals surface area contributed by atoms with Gasteiger partial charge in [-0.25, -0.2) is 9.37 Å². The van der Waals surface area contributed by atoms with Crippen LogP contribution in [-0.2, 0) is 6.54 Å². The maximum atomic E-state index is 13.5. The second-order valence-corrected chi connectivity index (χ2v) is 7.31. The van der Waals surface area contributed by atoms with Gasteiger partial charge in [0.05, 0.1) is 12.7 Å². The van der Waals surface area contributed by atoms with E-state index >= 15 is 0 Å². The molecule has 0 saturated carbocycles. The Morgan fingerprint density at radius 3 is 2.19 bits per heavy atom. The molecule has 2 aromatic heterocycles. The number of halogens is 2. The van der Waals surface area contributed by atoms with Crippen LogP contribution in [-0.4, -0.2) is 4.98 Å². The highest BCUT2D eigenvalue weighted by Crippen LogP contribution is 2.36. The molecular weight excluding hydrogens is 410 g/mol. The Morgan fingerprint density at radius 1 is 0.781 bits per heavy atom. The molecule has 2 heterocycles. The van der Waals surface area contributed by atoms with Crippen LogP contribution >= 0.6 is 0 Å². The largest absolute Gasteiger partial charge is 0.459 e. The third kappa shape index (κ3) is 3.96. The molecule has 0 bridgehead atoms. The first-order chi connectivity index (χ1) is 15.6. The number of hydrogen-bond acceptors (Lipinski definition) is 4. The van der Waals surface area contributed by atoms with Gasteiger partial charge in [-0.15, -0.1) is 0 Å². The van der Waals surface area contributed by atoms with E-state index in [9.17, 15) is 8.78 Å². The van der Waals surface area contributed by atoms with Gasteiger partial charge in [0.15, 0.2) is 0 Å². The summed E-state index contributed by atoms with van der Waals surface area (Å²) in [5.41, 5.74) is 10.1. The van der Waals surface area contributed by atoms with Crippen molar-refractivity contribution in [3.8, 4) is 33.8 Å². The smallest absolute Gasteiger partial charge is 0.213 e. The van der Waals surface area contributed by atoms with Crippen molar-refractivity contribution in [1.82, 2.24) is 4.98 Å². The molecule has 0 spiro atoms. The van der Waals surface area contributed by atoms with E-state index in [2.05, 4.69) is 4.98 Å². The zero-order chi connectivity index (χ0) is 22.1. The molecule has 0 radical (unpaired) electrons. The minimum Gasteiger partial charge on any atom is -0.459 e. The van der Waals surface area contributed by atoms with Crippen LogP contribution in [0.25, 0.3) is 33.2 Å². The summed E-state index contributed by atoms with van der Waals surface area (Å²) in [4.78, 5) is 3.59. The summed E-state index contributed by atoms with van der Waals surface area (Å²) in [5.74, 6) is 0.882. The van der Waals surface area contributed by atoms with E-state index in [0.29, 0.717) is 22.8 Å². The molecule has 4 nitrogen and oxygen atoms in total. The monoisotopic (exact) mass is 428 g/mol. The van der Waals surface area contributed by atoms with Crippen LogP contribution in [0.15, 0.2) is 89.5 Å². The quantitative estimate of drug-likeness (QED) is 0.317. The van der Waals surface area contributed by atoms with E-state index in [-0.39, 0.29) is 12.4 Å². The molecule has 3 aromatic carbocycles. The molecule has 5 rings (SSSR count). The van der Waals surface area contributed by atoms with E-state index in [1.54, 1.807) is 12.1 Å². The van der Waals surface area contributed by atoms with Crippen LogP contribution in [0.2, 0.25) is 0 Å². The van der Waals surface area contributed by atoms with Crippen LogP contribution < -0.4 is 10.5 Å². The number of benzene rings is 3. The zero-order valence-electron chi connectivity index (χ0n) is 16.9. The molecular formula is C26H18F2N2O2. The summed E-state index contributed by atoms with van der Waals surface area (Å²) in [5, 5.41) is 0.917. The number of hydrogen-bond donors (Lipinski definition) is 1. The Hall–Kier alpha value is -4.03. The Kier molecular flexibility index (Phi) is 5.13. The minimum atomic E-state index is -0.558. The number of rotatable bonds is 5. The average molecular weight is 428 g/mol. The van der Waals surface area contributed by atoms with E-state index in [0.717, 1.165) is 27.6 Å². The minimum absolute atomic E-state index is 0.289. The zero-order valence-corrected chi connectivity index (χ0v) is 16.9. The first kappa shape index (κ1) is 19.9. The molecule has 0 saturated heterocycles. The van der Waals surface area contributed by atoms with Gasteiger partial charge in [0.1, 0.15) is 28.7 Å². The highest BCUT2D eigenvalue weighted by atomic mass is 19.1. The van der Waals surface area contributed by atoms with Crippen molar-refractivity contribution < 1.29 is 17.9 Å². The maximum absolute atomic E-state index is 13.5. The summed E-state index contributed by atoms with van der Waals surface area (Å²) in [6, 6.07) is 22.6. The number of pyridine rings is 1. The average Bonchev–Trinajstić information content (AvgIpc) is 3.24. The first-order valence-corrected chi connectivity index (χ1v) is 10.0. The fourth-order valence-corrected chi connectivity index (χ4v) is 3.59. The van der Waals surface area contributed by atoms with E-state index in [1.807, 2.05) is 42.5 Å². The van der Waals surface area contributed by atoms with Crippen molar-refractivity contribution in [2.24, 2.45) is 5.73 Å². The van der Waals surface area contributed by atoms with Crippen LogP contribution in [0.1, 0.15) is 5.76 Å². The molecule has 0 unspecified atom stereocenters. The van der Waals surface area contributed by atoms with Crippen LogP contribution in [0.5, 0.6) is 11.5 Å². The molecule has 0 atom stereocenters. The fraction of sp³-hybridized carbons (Fsp3) is 0.0385. The predicted molar refractivity (Wildman–Crippen MR) is 119 cm³/mol. The molecule has 158 valence electrons. The van der Waals surface area contributed by atoms with Crippen molar-refractivity contribution in [2.45, 2.75) is 6.54 Å². The summed E-state index contributed by atoms with van der Waals surface area (Å²) in [6.45, 7) is 0.289. The van der Waals surface area contributed by atoms with Gasteiger partial charge in [-0.3, -0.25) is 0 Å². The Bertz CT molecular complexity index is 1380. The van der Waals surface area contributed by atoms with Crippen molar-refractivity contribution in [3.63, 3.8) is 0 Å². The molecule has 0 aliphatic rings. The molecule has 32 heavy (non-hydrogen) atoms. The van der Waals surface area contributed by atoms with Gasteiger partial charge in [-0.05, 0) is 71.3 Å². The van der Waals surface area contributed by atoms with Gasteiger partial charge in [0.2, 0.25) is 5.95 Å². The summed E-state index contributed by atoms with van der Waals surface area (Å²) in [6.07, 6.45) is 1.33. The number of ether oxygens (including phenoxy) is 1. The maximum Gasteiger partial charge on any atom is 0.213 e. The number of nitrogens with zero attached hydrogens (tertiary/aromatic N) is 1. The van der Waals surface area contributed by atoms with Crippen LogP contribution in [0, 0.1) is 11.8 Å². The Labute approximate surface area is 182 Å².